The SMILES string of the molecule is CCCCCCCCCCCCCCCC/C=C\CC/C=C/CCCC(=O)OC[C@H](COP(=O)([O-])OCC[N+](C)(C)C)OC(=O)CCC/C=C/CC/C=C\CCCCCCCCCCCCCCCC. The number of likely N-dealkylation sites (N-methyl/N-ethyl adjacent to an activating group) is 1. The summed E-state index contributed by atoms with van der Waals surface area (Å²) in [7, 11) is 1.13. The standard InChI is InChI=1S/C60H112NO8P/c1-6-8-10-12-14-16-18-20-22-24-26-28-30-32-34-36-38-40-42-44-46-48-50-52-59(62)66-56-58(57-68-70(64,65)67-55-54-61(3,4)5)69-60(63)53-51-49-47-45-43-41-39-37-35-33-31-29-27-25-23-21-19-17-15-13-11-9-7-2/h36-39,44-47,58H,6-35,40-43,48-57H2,1-5H3/b38-36-,39-37-,46-44+,47-45+/t58-/m1/s1. The molecule has 0 aromatic heterocycles. The number of hydrogen-bond acceptors (Lipinski definition) is 8. The van der Waals surface area contributed by atoms with Crippen LogP contribution in [0.4, 0.5) is 0 Å². The topological polar surface area (TPSA) is 111 Å². The summed E-state index contributed by atoms with van der Waals surface area (Å²) in [6, 6.07) is 0. The molecule has 0 spiro atoms. The van der Waals surface area contributed by atoms with Crippen LogP contribution in [-0.2, 0) is 32.7 Å². The average molecular weight is 1010 g/mol. The lowest BCUT2D eigenvalue weighted by Gasteiger charge is -2.28. The average Bonchev–Trinajstić information content (AvgIpc) is 3.32. The monoisotopic (exact) mass is 1010 g/mol. The van der Waals surface area contributed by atoms with Crippen molar-refractivity contribution in [1.82, 2.24) is 0 Å². The van der Waals surface area contributed by atoms with Gasteiger partial charge >= 0.3 is 11.9 Å². The number of ether oxygens (including phenoxy) is 2. The maximum Gasteiger partial charge on any atom is 0.306 e. The van der Waals surface area contributed by atoms with E-state index in [1.54, 1.807) is 0 Å². The first-order valence-electron chi connectivity index (χ1n) is 29.3. The van der Waals surface area contributed by atoms with Gasteiger partial charge in [-0.15, -0.1) is 0 Å². The fourth-order valence-electron chi connectivity index (χ4n) is 8.23. The van der Waals surface area contributed by atoms with Crippen molar-refractivity contribution in [2.24, 2.45) is 0 Å². The van der Waals surface area contributed by atoms with Crippen LogP contribution in [0.25, 0.3) is 0 Å². The molecule has 0 aromatic rings. The van der Waals surface area contributed by atoms with Crippen LogP contribution in [0.3, 0.4) is 0 Å². The predicted octanol–water partition coefficient (Wildman–Crippen LogP) is 17.5. The molecule has 0 fully saturated rings. The van der Waals surface area contributed by atoms with Gasteiger partial charge in [-0.3, -0.25) is 14.2 Å². The van der Waals surface area contributed by atoms with Gasteiger partial charge < -0.3 is 27.9 Å². The molecule has 9 nitrogen and oxygen atoms in total. The summed E-state index contributed by atoms with van der Waals surface area (Å²) in [5, 5.41) is 0. The zero-order chi connectivity index (χ0) is 51.3. The Kier molecular flexibility index (Phi) is 50.4. The Morgan fingerprint density at radius 3 is 1.10 bits per heavy atom. The van der Waals surface area contributed by atoms with Crippen molar-refractivity contribution in [2.45, 2.75) is 277 Å². The van der Waals surface area contributed by atoms with Gasteiger partial charge in [0, 0.05) is 12.8 Å². The van der Waals surface area contributed by atoms with Crippen LogP contribution < -0.4 is 4.89 Å². The van der Waals surface area contributed by atoms with E-state index in [4.69, 9.17) is 18.5 Å². The third kappa shape index (κ3) is 55.3. The molecule has 0 N–H and O–H groups in total. The first kappa shape index (κ1) is 68.0. The Morgan fingerprint density at radius 2 is 0.743 bits per heavy atom. The number of rotatable bonds is 54. The highest BCUT2D eigenvalue weighted by Crippen LogP contribution is 2.38. The van der Waals surface area contributed by atoms with Crippen LogP contribution in [0, 0.1) is 0 Å². The van der Waals surface area contributed by atoms with Crippen LogP contribution in [0.1, 0.15) is 271 Å². The first-order chi connectivity index (χ1) is 34.0. The van der Waals surface area contributed by atoms with Crippen molar-refractivity contribution in [1.29, 1.82) is 0 Å². The fraction of sp³-hybridized carbons (Fsp3) is 0.833. The second-order valence-electron chi connectivity index (χ2n) is 21.0. The Bertz CT molecular complexity index is 1320. The second kappa shape index (κ2) is 51.9. The Morgan fingerprint density at radius 1 is 0.429 bits per heavy atom. The van der Waals surface area contributed by atoms with E-state index in [2.05, 4.69) is 62.5 Å². The van der Waals surface area contributed by atoms with Gasteiger partial charge in [0.1, 0.15) is 19.8 Å². The minimum atomic E-state index is -4.65. The predicted molar refractivity (Wildman–Crippen MR) is 296 cm³/mol. The number of quaternary nitrogens is 1. The summed E-state index contributed by atoms with van der Waals surface area (Å²) in [5.41, 5.74) is 0. The summed E-state index contributed by atoms with van der Waals surface area (Å²) in [5.74, 6) is -0.925. The normalized spacial score (nSPS) is 13.6. The zero-order valence-corrected chi connectivity index (χ0v) is 47.4. The molecule has 0 aliphatic carbocycles. The number of unbranched alkanes of at least 4 members (excludes halogenated alkanes) is 32. The van der Waals surface area contributed by atoms with Crippen LogP contribution in [0.2, 0.25) is 0 Å². The van der Waals surface area contributed by atoms with Gasteiger partial charge in [0.2, 0.25) is 0 Å². The number of allylic oxidation sites excluding steroid dienone is 8. The molecule has 0 saturated heterocycles. The summed E-state index contributed by atoms with van der Waals surface area (Å²) in [6.07, 6.45) is 64.7. The molecular weight excluding hydrogens is 894 g/mol. The third-order valence-corrected chi connectivity index (χ3v) is 13.7. The Balaban J connectivity index is 4.26. The van der Waals surface area contributed by atoms with Crippen molar-refractivity contribution >= 4 is 19.8 Å². The molecule has 410 valence electrons. The zero-order valence-electron chi connectivity index (χ0n) is 46.5. The van der Waals surface area contributed by atoms with Crippen molar-refractivity contribution in [3.63, 3.8) is 0 Å². The van der Waals surface area contributed by atoms with Crippen LogP contribution in [-0.4, -0.2) is 70.0 Å². The molecule has 1 unspecified atom stereocenters. The fourth-order valence-corrected chi connectivity index (χ4v) is 8.96. The second-order valence-corrected chi connectivity index (χ2v) is 22.4. The van der Waals surface area contributed by atoms with Crippen LogP contribution in [0.5, 0.6) is 0 Å². The number of phosphoric ester groups is 1. The Labute approximate surface area is 433 Å². The van der Waals surface area contributed by atoms with Gasteiger partial charge in [0.25, 0.3) is 7.82 Å². The largest absolute Gasteiger partial charge is 0.756 e. The van der Waals surface area contributed by atoms with Crippen molar-refractivity contribution in [3.8, 4) is 0 Å². The van der Waals surface area contributed by atoms with Crippen molar-refractivity contribution in [2.75, 3.05) is 47.5 Å². The number of carbonyl (C=O) groups is 2. The van der Waals surface area contributed by atoms with Gasteiger partial charge in [-0.25, -0.2) is 0 Å². The van der Waals surface area contributed by atoms with E-state index in [-0.39, 0.29) is 26.1 Å². The quantitative estimate of drug-likeness (QED) is 0.0195. The molecule has 0 heterocycles. The summed E-state index contributed by atoms with van der Waals surface area (Å²) >= 11 is 0. The minimum Gasteiger partial charge on any atom is -0.756 e. The summed E-state index contributed by atoms with van der Waals surface area (Å²) in [6.45, 7) is 4.19. The first-order valence-corrected chi connectivity index (χ1v) is 30.8. The van der Waals surface area contributed by atoms with Gasteiger partial charge in [-0.05, 0) is 77.0 Å². The number of phosphoric acid groups is 1. The maximum absolute atomic E-state index is 12.8. The molecule has 10 heteroatoms. The van der Waals surface area contributed by atoms with E-state index in [0.717, 1.165) is 51.4 Å². The molecule has 70 heavy (non-hydrogen) atoms. The van der Waals surface area contributed by atoms with E-state index in [1.165, 1.54) is 180 Å². The summed E-state index contributed by atoms with van der Waals surface area (Å²) in [4.78, 5) is 37.8. The smallest absolute Gasteiger partial charge is 0.306 e. The highest BCUT2D eigenvalue weighted by Gasteiger charge is 2.21. The number of hydrogen-bond donors (Lipinski definition) is 0. The maximum atomic E-state index is 12.8. The molecule has 0 aliphatic rings. The summed E-state index contributed by atoms with van der Waals surface area (Å²) < 4.78 is 34.0. The Hall–Kier alpha value is -2.03. The molecule has 0 rings (SSSR count). The van der Waals surface area contributed by atoms with Crippen molar-refractivity contribution < 1.29 is 42.1 Å². The van der Waals surface area contributed by atoms with Gasteiger partial charge in [-0.2, -0.15) is 0 Å². The lowest BCUT2D eigenvalue weighted by atomic mass is 10.0. The van der Waals surface area contributed by atoms with E-state index >= 15 is 0 Å². The van der Waals surface area contributed by atoms with Crippen LogP contribution in [0.15, 0.2) is 48.6 Å². The number of carbonyl (C=O) groups excluding carboxylic acids is 2. The number of nitrogens with zero attached hydrogens (tertiary/aromatic N) is 1. The van der Waals surface area contributed by atoms with Crippen LogP contribution >= 0.6 is 7.82 Å². The van der Waals surface area contributed by atoms with E-state index in [1.807, 2.05) is 21.1 Å². The molecule has 0 radical (unpaired) electrons. The molecular formula is C60H112NO8P. The minimum absolute atomic E-state index is 0.0439. The molecule has 0 bridgehead atoms. The molecule has 0 aliphatic heterocycles. The number of esters is 2. The van der Waals surface area contributed by atoms with E-state index in [9.17, 15) is 19.0 Å². The van der Waals surface area contributed by atoms with E-state index < -0.39 is 32.5 Å². The lowest BCUT2D eigenvalue weighted by molar-refractivity contribution is -0.870. The molecule has 2 atom stereocenters. The molecule has 0 amide bonds. The third-order valence-electron chi connectivity index (χ3n) is 12.8. The highest BCUT2D eigenvalue weighted by atomic mass is 31.2. The van der Waals surface area contributed by atoms with E-state index in [0.29, 0.717) is 23.9 Å². The van der Waals surface area contributed by atoms with Gasteiger partial charge in [0.15, 0.2) is 6.10 Å². The van der Waals surface area contributed by atoms with Gasteiger partial charge in [0.05, 0.1) is 27.7 Å². The molecule has 0 aromatic carbocycles. The van der Waals surface area contributed by atoms with Crippen molar-refractivity contribution in [3.05, 3.63) is 48.6 Å². The molecule has 0 saturated carbocycles. The lowest BCUT2D eigenvalue weighted by Crippen LogP contribution is -2.37. The highest BCUT2D eigenvalue weighted by molar-refractivity contribution is 7.45. The van der Waals surface area contributed by atoms with Gasteiger partial charge in [-0.1, -0.05) is 229 Å².